The summed E-state index contributed by atoms with van der Waals surface area (Å²) in [6, 6.07) is 26.6. The SMILES string of the molecule is C=C/C=C\C=C\C(C=C)C/C=C/c1ccc(N(C2=CC=C(C3=CC=C(C4=CC=CCC4)CC3)CC2)c2ccc(-c3cccc(/C=C\C=C)c3)cc2)cc1. The van der Waals surface area contributed by atoms with E-state index in [9.17, 15) is 0 Å². The molecular weight excluding hydrogens is 639 g/mol. The summed E-state index contributed by atoms with van der Waals surface area (Å²) in [5.41, 5.74) is 14.3. The average Bonchev–Trinajstić information content (AvgIpc) is 3.22. The van der Waals surface area contributed by atoms with Crippen molar-refractivity contribution < 1.29 is 0 Å². The summed E-state index contributed by atoms with van der Waals surface area (Å²) in [6.07, 6.45) is 46.0. The summed E-state index contributed by atoms with van der Waals surface area (Å²) >= 11 is 0. The van der Waals surface area contributed by atoms with Gasteiger partial charge in [0.1, 0.15) is 0 Å². The smallest absolute Gasteiger partial charge is 0.0458 e. The van der Waals surface area contributed by atoms with Crippen LogP contribution in [0.2, 0.25) is 0 Å². The highest BCUT2D eigenvalue weighted by atomic mass is 15.1. The van der Waals surface area contributed by atoms with E-state index in [1.807, 2.05) is 30.4 Å². The largest absolute Gasteiger partial charge is 0.314 e. The van der Waals surface area contributed by atoms with Crippen molar-refractivity contribution in [1.29, 1.82) is 0 Å². The zero-order chi connectivity index (χ0) is 36.7. The van der Waals surface area contributed by atoms with E-state index in [1.54, 1.807) is 6.08 Å². The fourth-order valence-corrected chi connectivity index (χ4v) is 7.11. The predicted octanol–water partition coefficient (Wildman–Crippen LogP) is 14.7. The van der Waals surface area contributed by atoms with Gasteiger partial charge < -0.3 is 4.90 Å². The summed E-state index contributed by atoms with van der Waals surface area (Å²) in [4.78, 5) is 2.43. The molecule has 0 spiro atoms. The molecule has 0 aliphatic heterocycles. The van der Waals surface area contributed by atoms with Crippen molar-refractivity contribution in [3.05, 3.63) is 229 Å². The van der Waals surface area contributed by atoms with Crippen LogP contribution in [0, 0.1) is 5.92 Å². The lowest BCUT2D eigenvalue weighted by molar-refractivity contribution is 0.829. The molecule has 3 aromatic rings. The van der Waals surface area contributed by atoms with Crippen LogP contribution in [0.4, 0.5) is 11.4 Å². The van der Waals surface area contributed by atoms with Crippen molar-refractivity contribution in [3.63, 3.8) is 0 Å². The second-order valence-electron chi connectivity index (χ2n) is 13.6. The second-order valence-corrected chi connectivity index (χ2v) is 13.6. The van der Waals surface area contributed by atoms with Crippen LogP contribution in [0.1, 0.15) is 56.1 Å². The summed E-state index contributed by atoms with van der Waals surface area (Å²) in [5, 5.41) is 0. The van der Waals surface area contributed by atoms with E-state index in [4.69, 9.17) is 0 Å². The summed E-state index contributed by atoms with van der Waals surface area (Å²) in [6.45, 7) is 11.6. The first-order valence-corrected chi connectivity index (χ1v) is 19.0. The van der Waals surface area contributed by atoms with Crippen molar-refractivity contribution in [2.45, 2.75) is 44.9 Å². The molecule has 1 heteroatoms. The van der Waals surface area contributed by atoms with Gasteiger partial charge in [0.25, 0.3) is 0 Å². The molecule has 1 unspecified atom stereocenters. The van der Waals surface area contributed by atoms with E-state index in [2.05, 4.69) is 170 Å². The third-order valence-electron chi connectivity index (χ3n) is 10.1. The second kappa shape index (κ2) is 19.1. The fraction of sp³-hybridized carbons (Fsp3) is 0.154. The molecule has 0 saturated carbocycles. The predicted molar refractivity (Wildman–Crippen MR) is 233 cm³/mol. The van der Waals surface area contributed by atoms with Gasteiger partial charge in [0.15, 0.2) is 0 Å². The van der Waals surface area contributed by atoms with Crippen molar-refractivity contribution >= 4 is 23.5 Å². The van der Waals surface area contributed by atoms with Gasteiger partial charge in [-0.25, -0.2) is 0 Å². The summed E-state index contributed by atoms with van der Waals surface area (Å²) < 4.78 is 0. The maximum Gasteiger partial charge on any atom is 0.0458 e. The van der Waals surface area contributed by atoms with E-state index in [0.717, 1.165) is 61.9 Å². The Morgan fingerprint density at radius 3 is 1.89 bits per heavy atom. The van der Waals surface area contributed by atoms with Crippen LogP contribution in [-0.4, -0.2) is 0 Å². The highest BCUT2D eigenvalue weighted by molar-refractivity contribution is 5.75. The first-order valence-electron chi connectivity index (χ1n) is 19.0. The number of nitrogens with zero attached hydrogens (tertiary/aromatic N) is 1. The average molecular weight is 690 g/mol. The first kappa shape index (κ1) is 36.9. The Morgan fingerprint density at radius 1 is 0.585 bits per heavy atom. The molecule has 0 radical (unpaired) electrons. The highest BCUT2D eigenvalue weighted by Crippen LogP contribution is 2.39. The Bertz CT molecular complexity index is 2080. The van der Waals surface area contributed by atoms with Gasteiger partial charge in [0.2, 0.25) is 0 Å². The number of hydrogen-bond donors (Lipinski definition) is 0. The zero-order valence-corrected chi connectivity index (χ0v) is 30.9. The number of anilines is 2. The molecule has 3 aliphatic carbocycles. The van der Waals surface area contributed by atoms with Crippen LogP contribution in [0.5, 0.6) is 0 Å². The van der Waals surface area contributed by atoms with E-state index >= 15 is 0 Å². The Balaban J connectivity index is 1.25. The van der Waals surface area contributed by atoms with Crippen molar-refractivity contribution in [1.82, 2.24) is 0 Å². The minimum Gasteiger partial charge on any atom is -0.314 e. The molecule has 3 aliphatic rings. The van der Waals surface area contributed by atoms with E-state index in [-0.39, 0.29) is 5.92 Å². The molecule has 0 heterocycles. The van der Waals surface area contributed by atoms with Crippen LogP contribution in [0.25, 0.3) is 23.3 Å². The molecule has 0 aromatic heterocycles. The van der Waals surface area contributed by atoms with Gasteiger partial charge in [0, 0.05) is 17.1 Å². The van der Waals surface area contributed by atoms with Gasteiger partial charge in [-0.15, -0.1) is 6.58 Å². The first-order chi connectivity index (χ1) is 26.1. The Labute approximate surface area is 318 Å². The lowest BCUT2D eigenvalue weighted by Gasteiger charge is -2.31. The highest BCUT2D eigenvalue weighted by Gasteiger charge is 2.20. The molecule has 1 nitrogen and oxygen atoms in total. The Kier molecular flexibility index (Phi) is 13.3. The maximum absolute atomic E-state index is 4.02. The molecule has 0 bridgehead atoms. The van der Waals surface area contributed by atoms with Gasteiger partial charge in [-0.05, 0) is 132 Å². The van der Waals surface area contributed by atoms with Gasteiger partial charge in [-0.2, -0.15) is 0 Å². The molecular formula is C52H51N. The van der Waals surface area contributed by atoms with Crippen molar-refractivity contribution in [3.8, 4) is 11.1 Å². The number of rotatable bonds is 15. The van der Waals surface area contributed by atoms with Gasteiger partial charge >= 0.3 is 0 Å². The summed E-state index contributed by atoms with van der Waals surface area (Å²) in [7, 11) is 0. The van der Waals surface area contributed by atoms with Crippen LogP contribution >= 0.6 is 0 Å². The van der Waals surface area contributed by atoms with Gasteiger partial charge in [0.05, 0.1) is 0 Å². The van der Waals surface area contributed by atoms with E-state index < -0.39 is 0 Å². The molecule has 0 amide bonds. The normalized spacial score (nSPS) is 16.6. The number of hydrogen-bond acceptors (Lipinski definition) is 1. The lowest BCUT2D eigenvalue weighted by Crippen LogP contribution is -2.18. The topological polar surface area (TPSA) is 3.24 Å². The third kappa shape index (κ3) is 10.1. The van der Waals surface area contributed by atoms with Crippen molar-refractivity contribution in [2.24, 2.45) is 5.92 Å². The molecule has 1 atom stereocenters. The minimum atomic E-state index is 0.287. The molecule has 0 saturated heterocycles. The molecule has 53 heavy (non-hydrogen) atoms. The summed E-state index contributed by atoms with van der Waals surface area (Å²) in [5.74, 6) is 0.287. The van der Waals surface area contributed by atoms with Crippen LogP contribution in [0.3, 0.4) is 0 Å². The van der Waals surface area contributed by atoms with Crippen LogP contribution < -0.4 is 4.90 Å². The monoisotopic (exact) mass is 689 g/mol. The number of benzene rings is 3. The molecule has 6 rings (SSSR count). The van der Waals surface area contributed by atoms with Gasteiger partial charge in [-0.3, -0.25) is 0 Å². The van der Waals surface area contributed by atoms with Gasteiger partial charge in [-0.1, -0.05) is 159 Å². The lowest BCUT2D eigenvalue weighted by atomic mass is 9.84. The maximum atomic E-state index is 4.02. The third-order valence-corrected chi connectivity index (χ3v) is 10.1. The quantitative estimate of drug-likeness (QED) is 0.113. The Hall–Kier alpha value is -5.92. The fourth-order valence-electron chi connectivity index (χ4n) is 7.11. The molecule has 0 fully saturated rings. The zero-order valence-electron chi connectivity index (χ0n) is 30.9. The van der Waals surface area contributed by atoms with E-state index in [1.165, 1.54) is 44.7 Å². The Morgan fingerprint density at radius 2 is 1.26 bits per heavy atom. The molecule has 264 valence electrons. The molecule has 3 aromatic carbocycles. The standard InChI is InChI=1S/C52H51N/c1-4-7-9-11-17-41(6-3)18-14-19-42-24-34-50(35-25-42)53(52-38-32-48(33-39-52)49-23-15-20-43(40-49)16-8-5-2)51-36-30-47(31-37-51)46-28-26-45(27-29-46)44-21-12-10-13-22-44/h4-12,14-17,19-21,23-26,28,30,32-36,38-41H,1-3,13,18,22,27,29,31,37H2/b9-7-,16-8-,17-11+,19-14+. The van der Waals surface area contributed by atoms with Crippen LogP contribution in [0.15, 0.2) is 218 Å². The molecule has 0 N–H and O–H groups in total. The van der Waals surface area contributed by atoms with E-state index in [0.29, 0.717) is 0 Å². The van der Waals surface area contributed by atoms with Crippen LogP contribution in [-0.2, 0) is 0 Å². The number of allylic oxidation sites excluding steroid dienone is 21. The van der Waals surface area contributed by atoms with Crippen molar-refractivity contribution in [2.75, 3.05) is 4.90 Å². The minimum absolute atomic E-state index is 0.287.